The quantitative estimate of drug-likeness (QED) is 0.654. The molecule has 1 fully saturated rings. The molecule has 0 spiro atoms. The molecule has 1 aromatic rings. The molecule has 0 radical (unpaired) electrons. The number of hydrogen-bond acceptors (Lipinski definition) is 1. The van der Waals surface area contributed by atoms with E-state index in [1.807, 2.05) is 0 Å². The Bertz CT molecular complexity index is 419. The predicted octanol–water partition coefficient (Wildman–Crippen LogP) is 6.15. The molecular formula is C16H23Br2N. The van der Waals surface area contributed by atoms with Crippen LogP contribution in [-0.4, -0.2) is 6.04 Å². The summed E-state index contributed by atoms with van der Waals surface area (Å²) in [5.74, 6) is 1.67. The molecule has 0 bridgehead atoms. The molecule has 19 heavy (non-hydrogen) atoms. The number of rotatable bonds is 3. The van der Waals surface area contributed by atoms with E-state index >= 15 is 0 Å². The maximum atomic E-state index is 3.74. The van der Waals surface area contributed by atoms with Gasteiger partial charge in [0.25, 0.3) is 0 Å². The fourth-order valence-corrected chi connectivity index (χ4v) is 4.65. The van der Waals surface area contributed by atoms with E-state index in [9.17, 15) is 0 Å². The summed E-state index contributed by atoms with van der Waals surface area (Å²) in [6.07, 6.45) is 5.33. The van der Waals surface area contributed by atoms with Gasteiger partial charge in [0.05, 0.1) is 5.69 Å². The van der Waals surface area contributed by atoms with E-state index in [0.717, 1.165) is 20.8 Å². The third-order valence-corrected chi connectivity index (χ3v) is 5.44. The van der Waals surface area contributed by atoms with Crippen molar-refractivity contribution in [1.29, 1.82) is 0 Å². The Labute approximate surface area is 133 Å². The lowest BCUT2D eigenvalue weighted by Gasteiger charge is -2.33. The third-order valence-electron chi connectivity index (χ3n) is 4.19. The van der Waals surface area contributed by atoms with Crippen molar-refractivity contribution in [2.24, 2.45) is 11.8 Å². The number of benzene rings is 1. The lowest BCUT2D eigenvalue weighted by molar-refractivity contribution is 0.264. The maximum absolute atomic E-state index is 3.74. The number of nitrogens with one attached hydrogen (secondary N) is 1. The highest BCUT2D eigenvalue weighted by molar-refractivity contribution is 9.11. The highest BCUT2D eigenvalue weighted by Crippen LogP contribution is 2.36. The second kappa shape index (κ2) is 6.62. The van der Waals surface area contributed by atoms with E-state index in [-0.39, 0.29) is 0 Å². The largest absolute Gasteiger partial charge is 0.380 e. The molecule has 1 nitrogen and oxygen atoms in total. The second-order valence-corrected chi connectivity index (χ2v) is 7.82. The van der Waals surface area contributed by atoms with Gasteiger partial charge in [-0.15, -0.1) is 0 Å². The zero-order valence-electron chi connectivity index (χ0n) is 12.0. The van der Waals surface area contributed by atoms with Crippen LogP contribution in [0.15, 0.2) is 21.1 Å². The summed E-state index contributed by atoms with van der Waals surface area (Å²) in [6.45, 7) is 6.82. The van der Waals surface area contributed by atoms with Crippen molar-refractivity contribution in [1.82, 2.24) is 0 Å². The van der Waals surface area contributed by atoms with Gasteiger partial charge in [0, 0.05) is 15.0 Å². The summed E-state index contributed by atoms with van der Waals surface area (Å²) in [5.41, 5.74) is 2.48. The zero-order valence-corrected chi connectivity index (χ0v) is 15.1. The standard InChI is InChI=1S/C16H23Br2N/c1-10(2)12-5-4-6-13(9-12)19-16-14(17)7-11(3)8-15(16)18/h7-8,10,12-13,19H,4-6,9H2,1-3H3. The van der Waals surface area contributed by atoms with E-state index in [1.54, 1.807) is 0 Å². The summed E-state index contributed by atoms with van der Waals surface area (Å²) in [5, 5.41) is 3.74. The Morgan fingerprint density at radius 1 is 1.16 bits per heavy atom. The fourth-order valence-electron chi connectivity index (χ4n) is 3.01. The van der Waals surface area contributed by atoms with Gasteiger partial charge in [-0.05, 0) is 81.2 Å². The molecule has 0 aromatic heterocycles. The van der Waals surface area contributed by atoms with Gasteiger partial charge >= 0.3 is 0 Å². The molecule has 2 atom stereocenters. The number of halogens is 2. The molecule has 0 aliphatic heterocycles. The summed E-state index contributed by atoms with van der Waals surface area (Å²) in [4.78, 5) is 0. The first kappa shape index (κ1) is 15.4. The molecule has 2 rings (SSSR count). The first-order valence-corrected chi connectivity index (χ1v) is 8.78. The average Bonchev–Trinajstić information content (AvgIpc) is 2.34. The van der Waals surface area contributed by atoms with Gasteiger partial charge in [0.1, 0.15) is 0 Å². The number of aryl methyl sites for hydroxylation is 1. The topological polar surface area (TPSA) is 12.0 Å². The van der Waals surface area contributed by atoms with Crippen molar-refractivity contribution in [2.45, 2.75) is 52.5 Å². The molecule has 0 heterocycles. The third kappa shape index (κ3) is 3.98. The van der Waals surface area contributed by atoms with Crippen LogP contribution < -0.4 is 5.32 Å². The molecule has 0 saturated heterocycles. The Morgan fingerprint density at radius 2 is 1.79 bits per heavy atom. The smallest absolute Gasteiger partial charge is 0.0631 e. The van der Waals surface area contributed by atoms with Crippen molar-refractivity contribution in [3.05, 3.63) is 26.6 Å². The van der Waals surface area contributed by atoms with Gasteiger partial charge in [0.15, 0.2) is 0 Å². The molecule has 1 aromatic carbocycles. The van der Waals surface area contributed by atoms with Gasteiger partial charge in [-0.25, -0.2) is 0 Å². The monoisotopic (exact) mass is 387 g/mol. The van der Waals surface area contributed by atoms with Gasteiger partial charge in [-0.3, -0.25) is 0 Å². The maximum Gasteiger partial charge on any atom is 0.0631 e. The summed E-state index contributed by atoms with van der Waals surface area (Å²) >= 11 is 7.35. The molecule has 1 N–H and O–H groups in total. The van der Waals surface area contributed by atoms with Crippen LogP contribution in [0.4, 0.5) is 5.69 Å². The Hall–Kier alpha value is -0.0200. The van der Waals surface area contributed by atoms with Crippen molar-refractivity contribution >= 4 is 37.5 Å². The Morgan fingerprint density at radius 3 is 2.37 bits per heavy atom. The normalized spacial score (nSPS) is 23.7. The second-order valence-electron chi connectivity index (χ2n) is 6.12. The Balaban J connectivity index is 2.09. The molecule has 3 heteroatoms. The first-order chi connectivity index (χ1) is 8.97. The summed E-state index contributed by atoms with van der Waals surface area (Å²) in [7, 11) is 0. The van der Waals surface area contributed by atoms with Crippen molar-refractivity contribution < 1.29 is 0 Å². The van der Waals surface area contributed by atoms with Crippen molar-refractivity contribution in [3.63, 3.8) is 0 Å². The molecule has 2 unspecified atom stereocenters. The fraction of sp³-hybridized carbons (Fsp3) is 0.625. The SMILES string of the molecule is Cc1cc(Br)c(NC2CCCC(C(C)C)C2)c(Br)c1. The van der Waals surface area contributed by atoms with Crippen LogP contribution in [-0.2, 0) is 0 Å². The van der Waals surface area contributed by atoms with Crippen molar-refractivity contribution in [2.75, 3.05) is 5.32 Å². The van der Waals surface area contributed by atoms with Crippen molar-refractivity contribution in [3.8, 4) is 0 Å². The number of hydrogen-bond donors (Lipinski definition) is 1. The summed E-state index contributed by atoms with van der Waals surface area (Å²) < 4.78 is 2.32. The van der Waals surface area contributed by atoms with E-state index < -0.39 is 0 Å². The average molecular weight is 389 g/mol. The van der Waals surface area contributed by atoms with E-state index in [1.165, 1.54) is 36.9 Å². The van der Waals surface area contributed by atoms with Crippen LogP contribution >= 0.6 is 31.9 Å². The van der Waals surface area contributed by atoms with Crippen LogP contribution in [0.2, 0.25) is 0 Å². The van der Waals surface area contributed by atoms with Crippen LogP contribution in [0, 0.1) is 18.8 Å². The van der Waals surface area contributed by atoms with Crippen LogP contribution in [0.1, 0.15) is 45.1 Å². The highest BCUT2D eigenvalue weighted by Gasteiger charge is 2.24. The van der Waals surface area contributed by atoms with Gasteiger partial charge in [-0.1, -0.05) is 26.7 Å². The minimum Gasteiger partial charge on any atom is -0.380 e. The van der Waals surface area contributed by atoms with E-state index in [0.29, 0.717) is 6.04 Å². The summed E-state index contributed by atoms with van der Waals surface area (Å²) in [6, 6.07) is 4.96. The van der Waals surface area contributed by atoms with Crippen LogP contribution in [0.3, 0.4) is 0 Å². The number of anilines is 1. The molecule has 0 amide bonds. The van der Waals surface area contributed by atoms with E-state index in [4.69, 9.17) is 0 Å². The molecule has 1 aliphatic carbocycles. The lowest BCUT2D eigenvalue weighted by atomic mass is 9.79. The zero-order chi connectivity index (χ0) is 14.0. The van der Waals surface area contributed by atoms with Crippen LogP contribution in [0.25, 0.3) is 0 Å². The predicted molar refractivity (Wildman–Crippen MR) is 90.8 cm³/mol. The van der Waals surface area contributed by atoms with Gasteiger partial charge < -0.3 is 5.32 Å². The molecule has 106 valence electrons. The lowest BCUT2D eigenvalue weighted by Crippen LogP contribution is -2.29. The van der Waals surface area contributed by atoms with Gasteiger partial charge in [-0.2, -0.15) is 0 Å². The first-order valence-electron chi connectivity index (χ1n) is 7.19. The highest BCUT2D eigenvalue weighted by atomic mass is 79.9. The molecular weight excluding hydrogens is 366 g/mol. The Kier molecular flexibility index (Phi) is 5.36. The molecule has 1 saturated carbocycles. The minimum atomic E-state index is 0.608. The van der Waals surface area contributed by atoms with Crippen LogP contribution in [0.5, 0.6) is 0 Å². The molecule has 1 aliphatic rings. The minimum absolute atomic E-state index is 0.608. The van der Waals surface area contributed by atoms with E-state index in [2.05, 4.69) is 70.1 Å². The van der Waals surface area contributed by atoms with Gasteiger partial charge in [0.2, 0.25) is 0 Å².